The smallest absolute Gasteiger partial charge is 0.257 e. The van der Waals surface area contributed by atoms with E-state index in [-0.39, 0.29) is 30.5 Å². The maximum absolute atomic E-state index is 13.4. The van der Waals surface area contributed by atoms with Gasteiger partial charge in [-0.15, -0.1) is 0 Å². The molecule has 0 N–H and O–H groups in total. The maximum Gasteiger partial charge on any atom is 0.257 e. The van der Waals surface area contributed by atoms with Crippen molar-refractivity contribution in [2.24, 2.45) is 0 Å². The standard InChI is InChI=1S/C25H27FN2O4/c1-16(2)17-7-11-20(12-8-17)28-23(29)14-22(25(28)31)27(15-21-4-3-13-32-21)24(30)18-5-9-19(26)10-6-18/h5-12,16,21-22H,3-4,13-15H2,1-2H3. The highest BCUT2D eigenvalue weighted by molar-refractivity contribution is 6.23. The van der Waals surface area contributed by atoms with Crippen molar-refractivity contribution in [3.05, 3.63) is 65.5 Å². The van der Waals surface area contributed by atoms with Gasteiger partial charge in [0.25, 0.3) is 11.8 Å². The van der Waals surface area contributed by atoms with Crippen molar-refractivity contribution >= 4 is 23.4 Å². The highest BCUT2D eigenvalue weighted by atomic mass is 19.1. The van der Waals surface area contributed by atoms with Gasteiger partial charge >= 0.3 is 0 Å². The molecule has 2 heterocycles. The number of imide groups is 1. The predicted octanol–water partition coefficient (Wildman–Crippen LogP) is 3.90. The Morgan fingerprint density at radius 3 is 2.41 bits per heavy atom. The first-order valence-corrected chi connectivity index (χ1v) is 11.0. The van der Waals surface area contributed by atoms with Crippen LogP contribution in [0.5, 0.6) is 0 Å². The van der Waals surface area contributed by atoms with Crippen molar-refractivity contribution < 1.29 is 23.5 Å². The lowest BCUT2D eigenvalue weighted by molar-refractivity contribution is -0.122. The third-order valence-corrected chi connectivity index (χ3v) is 6.09. The molecule has 2 aromatic rings. The Labute approximate surface area is 187 Å². The van der Waals surface area contributed by atoms with Gasteiger partial charge in [-0.3, -0.25) is 14.4 Å². The summed E-state index contributed by atoms with van der Waals surface area (Å²) in [5.41, 5.74) is 1.87. The second-order valence-corrected chi connectivity index (χ2v) is 8.63. The lowest BCUT2D eigenvalue weighted by Gasteiger charge is -2.30. The average Bonchev–Trinajstić information content (AvgIpc) is 3.39. The normalized spacial score (nSPS) is 20.9. The summed E-state index contributed by atoms with van der Waals surface area (Å²) < 4.78 is 19.1. The fourth-order valence-corrected chi connectivity index (χ4v) is 4.26. The minimum Gasteiger partial charge on any atom is -0.376 e. The Bertz CT molecular complexity index is 998. The van der Waals surface area contributed by atoms with Crippen molar-refractivity contribution in [2.45, 2.75) is 51.2 Å². The Hall–Kier alpha value is -3.06. The fourth-order valence-electron chi connectivity index (χ4n) is 4.26. The van der Waals surface area contributed by atoms with Gasteiger partial charge in [-0.2, -0.15) is 0 Å². The van der Waals surface area contributed by atoms with Crippen molar-refractivity contribution in [3.63, 3.8) is 0 Å². The monoisotopic (exact) mass is 438 g/mol. The van der Waals surface area contributed by atoms with Crippen LogP contribution in [-0.2, 0) is 14.3 Å². The molecule has 2 aromatic carbocycles. The maximum atomic E-state index is 13.4. The van der Waals surface area contributed by atoms with Crippen molar-refractivity contribution in [2.75, 3.05) is 18.1 Å². The molecule has 32 heavy (non-hydrogen) atoms. The molecule has 0 saturated carbocycles. The van der Waals surface area contributed by atoms with Gasteiger partial charge in [-0.1, -0.05) is 26.0 Å². The summed E-state index contributed by atoms with van der Waals surface area (Å²) in [6.45, 7) is 4.96. The molecule has 168 valence electrons. The molecule has 0 aliphatic carbocycles. The molecule has 2 fully saturated rings. The van der Waals surface area contributed by atoms with Crippen LogP contribution in [-0.4, -0.2) is 47.9 Å². The highest BCUT2D eigenvalue weighted by Gasteiger charge is 2.45. The number of carbonyl (C=O) groups excluding carboxylic acids is 3. The molecule has 0 aromatic heterocycles. The molecule has 2 unspecified atom stereocenters. The Morgan fingerprint density at radius 1 is 1.12 bits per heavy atom. The van der Waals surface area contributed by atoms with Gasteiger partial charge in [0, 0.05) is 18.7 Å². The van der Waals surface area contributed by atoms with E-state index < -0.39 is 23.7 Å². The van der Waals surface area contributed by atoms with Crippen molar-refractivity contribution in [1.29, 1.82) is 0 Å². The number of ether oxygens (including phenoxy) is 1. The quantitative estimate of drug-likeness (QED) is 0.642. The number of benzene rings is 2. The third kappa shape index (κ3) is 4.43. The van der Waals surface area contributed by atoms with E-state index in [1.165, 1.54) is 29.2 Å². The van der Waals surface area contributed by atoms with Gasteiger partial charge < -0.3 is 9.64 Å². The number of rotatable bonds is 6. The number of halogens is 1. The molecular weight excluding hydrogens is 411 g/mol. The van der Waals surface area contributed by atoms with E-state index >= 15 is 0 Å². The molecule has 0 bridgehead atoms. The molecule has 0 spiro atoms. The summed E-state index contributed by atoms with van der Waals surface area (Å²) in [5, 5.41) is 0. The fraction of sp³-hybridized carbons (Fsp3) is 0.400. The molecular formula is C25H27FN2O4. The summed E-state index contributed by atoms with van der Waals surface area (Å²) in [7, 11) is 0. The number of hydrogen-bond acceptors (Lipinski definition) is 4. The predicted molar refractivity (Wildman–Crippen MR) is 118 cm³/mol. The number of nitrogens with zero attached hydrogens (tertiary/aromatic N) is 2. The van der Waals surface area contributed by atoms with Crippen LogP contribution in [0, 0.1) is 5.82 Å². The summed E-state index contributed by atoms with van der Waals surface area (Å²) >= 11 is 0. The second-order valence-electron chi connectivity index (χ2n) is 8.63. The van der Waals surface area contributed by atoms with E-state index in [0.29, 0.717) is 18.2 Å². The van der Waals surface area contributed by atoms with Crippen molar-refractivity contribution in [1.82, 2.24) is 4.90 Å². The molecule has 7 heteroatoms. The SMILES string of the molecule is CC(C)c1ccc(N2C(=O)CC(N(CC3CCCO3)C(=O)c3ccc(F)cc3)C2=O)cc1. The van der Waals surface area contributed by atoms with Crippen molar-refractivity contribution in [3.8, 4) is 0 Å². The Balaban J connectivity index is 1.61. The minimum absolute atomic E-state index is 0.0928. The topological polar surface area (TPSA) is 66.9 Å². The van der Waals surface area contributed by atoms with E-state index in [4.69, 9.17) is 4.74 Å². The first-order valence-electron chi connectivity index (χ1n) is 11.0. The minimum atomic E-state index is -0.922. The first-order chi connectivity index (χ1) is 15.3. The van der Waals surface area contributed by atoms with Crippen LogP contribution in [0.25, 0.3) is 0 Å². The zero-order valence-corrected chi connectivity index (χ0v) is 18.3. The van der Waals surface area contributed by atoms with E-state index in [0.717, 1.165) is 23.3 Å². The van der Waals surface area contributed by atoms with Crippen LogP contribution in [0.4, 0.5) is 10.1 Å². The Kier molecular flexibility index (Phi) is 6.37. The molecule has 2 atom stereocenters. The van der Waals surface area contributed by atoms with Gasteiger partial charge in [0.05, 0.1) is 18.2 Å². The van der Waals surface area contributed by atoms with E-state index in [9.17, 15) is 18.8 Å². The molecule has 6 nitrogen and oxygen atoms in total. The number of hydrogen-bond donors (Lipinski definition) is 0. The lowest BCUT2D eigenvalue weighted by atomic mass is 10.0. The second kappa shape index (κ2) is 9.20. The average molecular weight is 438 g/mol. The van der Waals surface area contributed by atoms with E-state index in [1.807, 2.05) is 12.1 Å². The number of amides is 3. The van der Waals surface area contributed by atoms with Gasteiger partial charge in [0.15, 0.2) is 0 Å². The van der Waals surface area contributed by atoms with Crippen LogP contribution in [0.3, 0.4) is 0 Å². The van der Waals surface area contributed by atoms with Gasteiger partial charge in [-0.25, -0.2) is 9.29 Å². The van der Waals surface area contributed by atoms with E-state index in [2.05, 4.69) is 13.8 Å². The molecule has 2 aliphatic rings. The molecule has 0 radical (unpaired) electrons. The summed E-state index contributed by atoms with van der Waals surface area (Å²) in [4.78, 5) is 42.1. The highest BCUT2D eigenvalue weighted by Crippen LogP contribution is 2.29. The lowest BCUT2D eigenvalue weighted by Crippen LogP contribution is -2.48. The number of anilines is 1. The van der Waals surface area contributed by atoms with Crippen LogP contribution >= 0.6 is 0 Å². The summed E-state index contributed by atoms with van der Waals surface area (Å²) in [6.07, 6.45) is 1.38. The molecule has 2 aliphatic heterocycles. The van der Waals surface area contributed by atoms with Crippen LogP contribution in [0.15, 0.2) is 48.5 Å². The summed E-state index contributed by atoms with van der Waals surface area (Å²) in [6, 6.07) is 11.6. The summed E-state index contributed by atoms with van der Waals surface area (Å²) in [5.74, 6) is -1.31. The Morgan fingerprint density at radius 2 is 1.81 bits per heavy atom. The molecule has 3 amide bonds. The zero-order valence-electron chi connectivity index (χ0n) is 18.3. The van der Waals surface area contributed by atoms with Crippen LogP contribution < -0.4 is 4.90 Å². The third-order valence-electron chi connectivity index (χ3n) is 6.09. The van der Waals surface area contributed by atoms with Crippen LogP contribution in [0.1, 0.15) is 54.9 Å². The largest absolute Gasteiger partial charge is 0.376 e. The number of carbonyl (C=O) groups is 3. The van der Waals surface area contributed by atoms with Gasteiger partial charge in [0.1, 0.15) is 11.9 Å². The van der Waals surface area contributed by atoms with Crippen LogP contribution in [0.2, 0.25) is 0 Å². The molecule has 2 saturated heterocycles. The zero-order chi connectivity index (χ0) is 22.8. The first kappa shape index (κ1) is 22.1. The molecule has 4 rings (SSSR count). The van der Waals surface area contributed by atoms with E-state index in [1.54, 1.807) is 12.1 Å². The van der Waals surface area contributed by atoms with Gasteiger partial charge in [0.2, 0.25) is 5.91 Å². The van der Waals surface area contributed by atoms with Gasteiger partial charge in [-0.05, 0) is 60.7 Å².